The van der Waals surface area contributed by atoms with Crippen molar-refractivity contribution in [2.24, 2.45) is 5.10 Å². The first-order chi connectivity index (χ1) is 23.2. The number of hydrogen-bond donors (Lipinski definition) is 0. The number of hydrogen-bond acceptors (Lipinski definition) is 8. The molecule has 1 aliphatic heterocycles. The number of fused-ring (bicyclic) bond motifs is 2. The van der Waals surface area contributed by atoms with Gasteiger partial charge in [0.15, 0.2) is 28.8 Å². The number of para-hydroxylation sites is 1. The molecule has 1 aliphatic rings. The van der Waals surface area contributed by atoms with Crippen LogP contribution in [0.5, 0.6) is 28.7 Å². The first-order valence-electron chi connectivity index (χ1n) is 15.7. The molecular weight excluding hydrogens is 742 g/mol. The van der Waals surface area contributed by atoms with Crippen molar-refractivity contribution in [3.63, 3.8) is 0 Å². The summed E-state index contributed by atoms with van der Waals surface area (Å²) in [7, 11) is 0. The molecule has 4 aromatic carbocycles. The van der Waals surface area contributed by atoms with Gasteiger partial charge in [0.2, 0.25) is 6.79 Å². The molecule has 0 saturated heterocycles. The van der Waals surface area contributed by atoms with Gasteiger partial charge >= 0.3 is 0 Å². The molecule has 0 spiro atoms. The van der Waals surface area contributed by atoms with Crippen molar-refractivity contribution in [1.29, 1.82) is 0 Å². The molecule has 0 atom stereocenters. The molecule has 0 fully saturated rings. The van der Waals surface area contributed by atoms with Crippen LogP contribution in [0.15, 0.2) is 79.5 Å². The Bertz CT molecular complexity index is 2090. The number of nitrogens with zero attached hydrogens (tertiary/aromatic N) is 3. The van der Waals surface area contributed by atoms with Crippen molar-refractivity contribution < 1.29 is 23.7 Å². The second-order valence-corrected chi connectivity index (χ2v) is 13.0. The third-order valence-corrected chi connectivity index (χ3v) is 10.0. The van der Waals surface area contributed by atoms with E-state index in [4.69, 9.17) is 33.8 Å². The number of halogens is 2. The van der Waals surface area contributed by atoms with Gasteiger partial charge in [-0.05, 0) is 118 Å². The van der Waals surface area contributed by atoms with Crippen LogP contribution in [-0.2, 0) is 6.61 Å². The predicted octanol–water partition coefficient (Wildman–Crippen LogP) is 9.01. The average molecular weight is 778 g/mol. The van der Waals surface area contributed by atoms with E-state index in [9.17, 15) is 4.79 Å². The molecular formula is C37H35Br2N3O6. The van der Waals surface area contributed by atoms with Crippen molar-refractivity contribution in [2.75, 3.05) is 20.0 Å². The van der Waals surface area contributed by atoms with E-state index in [0.29, 0.717) is 67.4 Å². The van der Waals surface area contributed by atoms with Crippen LogP contribution >= 0.6 is 31.9 Å². The Balaban J connectivity index is 1.42. The number of aryl methyl sites for hydroxylation is 1. The first-order valence-corrected chi connectivity index (χ1v) is 17.3. The van der Waals surface area contributed by atoms with Crippen molar-refractivity contribution in [3.8, 4) is 40.1 Å². The maximum atomic E-state index is 14.0. The van der Waals surface area contributed by atoms with Crippen molar-refractivity contribution >= 4 is 49.0 Å². The van der Waals surface area contributed by atoms with Gasteiger partial charge in [0.05, 0.1) is 34.8 Å². The Labute approximate surface area is 295 Å². The van der Waals surface area contributed by atoms with Crippen molar-refractivity contribution in [3.05, 3.63) is 102 Å². The minimum absolute atomic E-state index is 0.186. The monoisotopic (exact) mass is 775 g/mol. The summed E-state index contributed by atoms with van der Waals surface area (Å²) >= 11 is 7.41. The third kappa shape index (κ3) is 6.66. The maximum absolute atomic E-state index is 14.0. The molecule has 0 aliphatic carbocycles. The standard InChI is InChI=1S/C37H35Br2N3O6/c1-6-44-30-14-22(5)27(17-26(30)21(3)4)36-41-28-11-9-8-10-25(28)37(43)42(36)40-18-24-16-32(45-7-2)35(34(39)33(24)38)46-19-23-12-13-29-31(15-23)48-20-47-29/h8-18,21H,6-7,19-20H2,1-5H3. The summed E-state index contributed by atoms with van der Waals surface area (Å²) in [6.07, 6.45) is 1.62. The van der Waals surface area contributed by atoms with Gasteiger partial charge in [0, 0.05) is 15.6 Å². The average Bonchev–Trinajstić information content (AvgIpc) is 3.54. The smallest absolute Gasteiger partial charge is 0.282 e. The van der Waals surface area contributed by atoms with E-state index in [2.05, 4.69) is 51.8 Å². The minimum Gasteiger partial charge on any atom is -0.494 e. The van der Waals surface area contributed by atoms with Crippen LogP contribution < -0.4 is 29.2 Å². The lowest BCUT2D eigenvalue weighted by Crippen LogP contribution is -2.21. The van der Waals surface area contributed by atoms with E-state index in [1.54, 1.807) is 12.3 Å². The van der Waals surface area contributed by atoms with E-state index in [-0.39, 0.29) is 24.9 Å². The summed E-state index contributed by atoms with van der Waals surface area (Å²) in [5.74, 6) is 3.88. The molecule has 0 radical (unpaired) electrons. The van der Waals surface area contributed by atoms with E-state index in [0.717, 1.165) is 28.0 Å². The van der Waals surface area contributed by atoms with Gasteiger partial charge in [0.1, 0.15) is 12.4 Å². The number of ether oxygens (including phenoxy) is 5. The second kappa shape index (κ2) is 14.4. The Kier molecular flexibility index (Phi) is 10.1. The number of benzene rings is 4. The van der Waals surface area contributed by atoms with Crippen LogP contribution in [0.4, 0.5) is 0 Å². The lowest BCUT2D eigenvalue weighted by Gasteiger charge is -2.18. The molecule has 0 saturated carbocycles. The van der Waals surface area contributed by atoms with E-state index in [1.165, 1.54) is 4.68 Å². The highest BCUT2D eigenvalue weighted by molar-refractivity contribution is 9.13. The fourth-order valence-corrected chi connectivity index (χ4v) is 6.41. The normalized spacial score (nSPS) is 12.3. The predicted molar refractivity (Wildman–Crippen MR) is 194 cm³/mol. The lowest BCUT2D eigenvalue weighted by molar-refractivity contribution is 0.174. The third-order valence-electron chi connectivity index (χ3n) is 7.86. The largest absolute Gasteiger partial charge is 0.494 e. The Morgan fingerprint density at radius 3 is 2.46 bits per heavy atom. The van der Waals surface area contributed by atoms with Gasteiger partial charge in [0.25, 0.3) is 5.56 Å². The summed E-state index contributed by atoms with van der Waals surface area (Å²) in [6.45, 7) is 11.5. The highest BCUT2D eigenvalue weighted by Gasteiger charge is 2.21. The summed E-state index contributed by atoms with van der Waals surface area (Å²) in [5.41, 5.74) is 4.63. The Morgan fingerprint density at radius 2 is 1.69 bits per heavy atom. The summed E-state index contributed by atoms with van der Waals surface area (Å²) in [6, 6.07) is 18.9. The molecule has 0 bridgehead atoms. The Morgan fingerprint density at radius 1 is 0.938 bits per heavy atom. The fourth-order valence-electron chi connectivity index (χ4n) is 5.48. The molecule has 0 unspecified atom stereocenters. The summed E-state index contributed by atoms with van der Waals surface area (Å²) in [4.78, 5) is 19.0. The molecule has 0 amide bonds. The van der Waals surface area contributed by atoms with Crippen LogP contribution in [0, 0.1) is 6.92 Å². The van der Waals surface area contributed by atoms with E-state index >= 15 is 0 Å². The van der Waals surface area contributed by atoms with Gasteiger partial charge in [-0.25, -0.2) is 4.98 Å². The van der Waals surface area contributed by atoms with Gasteiger partial charge in [-0.15, -0.1) is 0 Å². The molecule has 11 heteroatoms. The molecule has 1 aromatic heterocycles. The summed E-state index contributed by atoms with van der Waals surface area (Å²) < 4.78 is 31.9. The van der Waals surface area contributed by atoms with Crippen LogP contribution in [-0.4, -0.2) is 35.9 Å². The molecule has 248 valence electrons. The van der Waals surface area contributed by atoms with Gasteiger partial charge in [-0.2, -0.15) is 9.78 Å². The zero-order valence-corrected chi connectivity index (χ0v) is 30.5. The molecule has 5 aromatic rings. The van der Waals surface area contributed by atoms with Crippen LogP contribution in [0.25, 0.3) is 22.3 Å². The molecule has 2 heterocycles. The second-order valence-electron chi connectivity index (χ2n) is 11.4. The molecule has 0 N–H and O–H groups in total. The quantitative estimate of drug-likeness (QED) is 0.124. The van der Waals surface area contributed by atoms with E-state index in [1.807, 2.05) is 69.3 Å². The summed E-state index contributed by atoms with van der Waals surface area (Å²) in [5, 5.41) is 5.22. The highest BCUT2D eigenvalue weighted by Crippen LogP contribution is 2.43. The SMILES string of the molecule is CCOc1cc(C)c(-c2nc3ccccc3c(=O)n2N=Cc2cc(OCC)c(OCc3ccc4c(c3)OCO4)c(Br)c2Br)cc1C(C)C. The molecule has 48 heavy (non-hydrogen) atoms. The fraction of sp³-hybridized carbons (Fsp3) is 0.270. The minimum atomic E-state index is -0.282. The van der Waals surface area contributed by atoms with Crippen molar-refractivity contribution in [1.82, 2.24) is 9.66 Å². The molecule has 9 nitrogen and oxygen atoms in total. The number of aromatic nitrogens is 2. The topological polar surface area (TPSA) is 93.4 Å². The lowest BCUT2D eigenvalue weighted by atomic mass is 9.96. The van der Waals surface area contributed by atoms with Crippen LogP contribution in [0.1, 0.15) is 55.9 Å². The molecule has 6 rings (SSSR count). The highest BCUT2D eigenvalue weighted by atomic mass is 79.9. The zero-order valence-electron chi connectivity index (χ0n) is 27.3. The van der Waals surface area contributed by atoms with E-state index < -0.39 is 0 Å². The number of rotatable bonds is 11. The maximum Gasteiger partial charge on any atom is 0.282 e. The van der Waals surface area contributed by atoms with Gasteiger partial charge < -0.3 is 23.7 Å². The van der Waals surface area contributed by atoms with Gasteiger partial charge in [-0.3, -0.25) is 4.79 Å². The van der Waals surface area contributed by atoms with Crippen LogP contribution in [0.2, 0.25) is 0 Å². The van der Waals surface area contributed by atoms with Crippen LogP contribution in [0.3, 0.4) is 0 Å². The first kappa shape index (κ1) is 33.5. The van der Waals surface area contributed by atoms with Crippen molar-refractivity contribution in [2.45, 2.75) is 47.1 Å². The van der Waals surface area contributed by atoms with Gasteiger partial charge in [-0.1, -0.05) is 32.0 Å². The zero-order chi connectivity index (χ0) is 33.9. The Hall–Kier alpha value is -4.35.